The van der Waals surface area contributed by atoms with Crippen LogP contribution in [0, 0.1) is 5.82 Å². The molecule has 3 saturated heterocycles. The van der Waals surface area contributed by atoms with E-state index in [0.717, 1.165) is 39.4 Å². The Labute approximate surface area is 146 Å². The maximum absolute atomic E-state index is 14.6. The molecule has 0 spiro atoms. The average molecular weight is 350 g/mol. The number of cyclic esters (lactones) is 1. The number of amides is 1. The Morgan fingerprint density at radius 1 is 1.20 bits per heavy atom. The van der Waals surface area contributed by atoms with Crippen LogP contribution >= 0.6 is 0 Å². The smallest absolute Gasteiger partial charge is 0.414 e. The van der Waals surface area contributed by atoms with Crippen molar-refractivity contribution in [3.63, 3.8) is 0 Å². The van der Waals surface area contributed by atoms with E-state index in [9.17, 15) is 9.18 Å². The molecule has 2 N–H and O–H groups in total. The highest BCUT2D eigenvalue weighted by atomic mass is 19.1. The molecule has 1 aromatic carbocycles. The quantitative estimate of drug-likeness (QED) is 0.859. The molecule has 3 aliphatic heterocycles. The lowest BCUT2D eigenvalue weighted by molar-refractivity contribution is -0.0660. The lowest BCUT2D eigenvalue weighted by atomic mass is 10.1. The van der Waals surface area contributed by atoms with Crippen molar-refractivity contribution in [2.24, 2.45) is 5.73 Å². The summed E-state index contributed by atoms with van der Waals surface area (Å²) in [4.78, 5) is 17.8. The number of ether oxygens (including phenoxy) is 2. The molecule has 1 amide bonds. The van der Waals surface area contributed by atoms with Gasteiger partial charge in [-0.25, -0.2) is 9.18 Å². The van der Waals surface area contributed by atoms with Crippen LogP contribution in [0.2, 0.25) is 0 Å². The van der Waals surface area contributed by atoms with E-state index in [1.165, 1.54) is 11.0 Å². The lowest BCUT2D eigenvalue weighted by Crippen LogP contribution is -2.56. The minimum Gasteiger partial charge on any atom is -0.443 e. The minimum absolute atomic E-state index is 0.263. The highest BCUT2D eigenvalue weighted by Gasteiger charge is 2.33. The molecule has 8 heteroatoms. The second-order valence-corrected chi connectivity index (χ2v) is 6.70. The molecule has 1 aromatic rings. The van der Waals surface area contributed by atoms with Crippen LogP contribution in [0.5, 0.6) is 0 Å². The fraction of sp³-hybridized carbons (Fsp3) is 0.588. The predicted molar refractivity (Wildman–Crippen MR) is 91.5 cm³/mol. The van der Waals surface area contributed by atoms with Crippen molar-refractivity contribution in [1.29, 1.82) is 0 Å². The Hall–Kier alpha value is -1.90. The maximum atomic E-state index is 14.6. The zero-order chi connectivity index (χ0) is 17.4. The van der Waals surface area contributed by atoms with Gasteiger partial charge in [0.15, 0.2) is 0 Å². The van der Waals surface area contributed by atoms with Gasteiger partial charge in [0.25, 0.3) is 0 Å². The molecule has 0 saturated carbocycles. The van der Waals surface area contributed by atoms with Gasteiger partial charge < -0.3 is 20.1 Å². The second-order valence-electron chi connectivity index (χ2n) is 6.70. The molecule has 25 heavy (non-hydrogen) atoms. The van der Waals surface area contributed by atoms with Gasteiger partial charge in [-0.15, -0.1) is 0 Å². The van der Waals surface area contributed by atoms with E-state index in [1.54, 1.807) is 12.1 Å². The van der Waals surface area contributed by atoms with Crippen LogP contribution in [0.4, 0.5) is 20.6 Å². The molecule has 0 bridgehead atoms. The molecule has 1 unspecified atom stereocenters. The van der Waals surface area contributed by atoms with Gasteiger partial charge in [-0.3, -0.25) is 9.80 Å². The summed E-state index contributed by atoms with van der Waals surface area (Å²) in [7, 11) is 0. The monoisotopic (exact) mass is 350 g/mol. The summed E-state index contributed by atoms with van der Waals surface area (Å²) in [5.74, 6) is -0.318. The first-order valence-electron chi connectivity index (χ1n) is 8.70. The minimum atomic E-state index is -0.473. The van der Waals surface area contributed by atoms with Crippen LogP contribution in [0.25, 0.3) is 0 Å². The predicted octanol–water partition coefficient (Wildman–Crippen LogP) is 0.630. The molecular weight excluding hydrogens is 327 g/mol. The van der Waals surface area contributed by atoms with E-state index < -0.39 is 6.09 Å². The molecule has 1 atom stereocenters. The molecule has 136 valence electrons. The number of rotatable bonds is 4. The molecule has 7 nitrogen and oxygen atoms in total. The number of anilines is 2. The highest BCUT2D eigenvalue weighted by molar-refractivity contribution is 5.90. The van der Waals surface area contributed by atoms with Crippen molar-refractivity contribution >= 4 is 17.5 Å². The average Bonchev–Trinajstić information content (AvgIpc) is 2.95. The first-order valence-corrected chi connectivity index (χ1v) is 8.70. The summed E-state index contributed by atoms with van der Waals surface area (Å²) >= 11 is 0. The number of benzene rings is 1. The van der Waals surface area contributed by atoms with Crippen LogP contribution in [-0.4, -0.2) is 75.6 Å². The Morgan fingerprint density at radius 2 is 1.96 bits per heavy atom. The van der Waals surface area contributed by atoms with Crippen LogP contribution in [0.15, 0.2) is 18.2 Å². The molecule has 0 aliphatic carbocycles. The molecule has 0 radical (unpaired) electrons. The van der Waals surface area contributed by atoms with Crippen molar-refractivity contribution in [3.05, 3.63) is 24.0 Å². The summed E-state index contributed by atoms with van der Waals surface area (Å²) in [5.41, 5.74) is 6.62. The van der Waals surface area contributed by atoms with E-state index in [1.807, 2.05) is 0 Å². The Bertz CT molecular complexity index is 647. The summed E-state index contributed by atoms with van der Waals surface area (Å²) in [5, 5.41) is 0. The van der Waals surface area contributed by atoms with Gasteiger partial charge in [-0.2, -0.15) is 0 Å². The fourth-order valence-corrected chi connectivity index (χ4v) is 3.54. The van der Waals surface area contributed by atoms with Crippen molar-refractivity contribution in [2.45, 2.75) is 12.1 Å². The molecule has 0 aromatic heterocycles. The van der Waals surface area contributed by atoms with Gasteiger partial charge in [0.2, 0.25) is 0 Å². The Morgan fingerprint density at radius 3 is 2.52 bits per heavy atom. The number of carbonyl (C=O) groups excluding carboxylic acids is 1. The number of nitrogens with zero attached hydrogens (tertiary/aromatic N) is 3. The van der Waals surface area contributed by atoms with Crippen LogP contribution < -0.4 is 15.5 Å². The topological polar surface area (TPSA) is 71.3 Å². The SMILES string of the molecule is NCC1CN(c2ccc(N3CCN(C4COC4)CC3)c(F)c2)C(=O)O1. The Kier molecular flexibility index (Phi) is 4.49. The first kappa shape index (κ1) is 16.6. The van der Waals surface area contributed by atoms with Crippen molar-refractivity contribution in [1.82, 2.24) is 4.90 Å². The third-order valence-corrected chi connectivity index (χ3v) is 5.17. The maximum Gasteiger partial charge on any atom is 0.414 e. The molecule has 3 fully saturated rings. The third kappa shape index (κ3) is 3.17. The number of halogens is 1. The summed E-state index contributed by atoms with van der Waals surface area (Å²) in [6, 6.07) is 5.44. The van der Waals surface area contributed by atoms with Gasteiger partial charge in [0.05, 0.1) is 37.2 Å². The van der Waals surface area contributed by atoms with Crippen LogP contribution in [0.1, 0.15) is 0 Å². The largest absolute Gasteiger partial charge is 0.443 e. The van der Waals surface area contributed by atoms with Crippen molar-refractivity contribution < 1.29 is 18.7 Å². The standard InChI is InChI=1S/C17H23FN4O3/c18-15-7-12(22-9-14(8-19)25-17(22)23)1-2-16(15)21-5-3-20(4-6-21)13-10-24-11-13/h1-2,7,13-14H,3-6,8-11,19H2. The van der Waals surface area contributed by atoms with Gasteiger partial charge in [-0.1, -0.05) is 0 Å². The normalized spacial score (nSPS) is 25.2. The fourth-order valence-electron chi connectivity index (χ4n) is 3.54. The molecule has 3 aliphatic rings. The molecule has 3 heterocycles. The molecular formula is C17H23FN4O3. The number of hydrogen-bond donors (Lipinski definition) is 1. The highest BCUT2D eigenvalue weighted by Crippen LogP contribution is 2.28. The van der Waals surface area contributed by atoms with E-state index in [0.29, 0.717) is 24.0 Å². The zero-order valence-electron chi connectivity index (χ0n) is 14.1. The summed E-state index contributed by atoms with van der Waals surface area (Å²) in [6.07, 6.45) is -0.808. The third-order valence-electron chi connectivity index (χ3n) is 5.17. The summed E-state index contributed by atoms with van der Waals surface area (Å²) in [6.45, 7) is 5.62. The Balaban J connectivity index is 1.43. The van der Waals surface area contributed by atoms with Crippen LogP contribution in [-0.2, 0) is 9.47 Å². The van der Waals surface area contributed by atoms with E-state index in [2.05, 4.69) is 9.80 Å². The second kappa shape index (κ2) is 6.78. The zero-order valence-corrected chi connectivity index (χ0v) is 14.1. The van der Waals surface area contributed by atoms with E-state index >= 15 is 0 Å². The van der Waals surface area contributed by atoms with E-state index in [4.69, 9.17) is 15.2 Å². The van der Waals surface area contributed by atoms with Gasteiger partial charge in [-0.05, 0) is 18.2 Å². The first-order chi connectivity index (χ1) is 12.2. The van der Waals surface area contributed by atoms with Crippen molar-refractivity contribution in [2.75, 3.05) is 62.3 Å². The summed E-state index contributed by atoms with van der Waals surface area (Å²) < 4.78 is 25.0. The number of nitrogens with two attached hydrogens (primary N) is 1. The van der Waals surface area contributed by atoms with E-state index in [-0.39, 0.29) is 18.5 Å². The van der Waals surface area contributed by atoms with Gasteiger partial charge in [0.1, 0.15) is 11.9 Å². The number of carbonyl (C=O) groups is 1. The number of piperazine rings is 1. The van der Waals surface area contributed by atoms with Crippen LogP contribution in [0.3, 0.4) is 0 Å². The molecule has 4 rings (SSSR count). The number of hydrogen-bond acceptors (Lipinski definition) is 6. The van der Waals surface area contributed by atoms with Crippen molar-refractivity contribution in [3.8, 4) is 0 Å². The van der Waals surface area contributed by atoms with Gasteiger partial charge in [0, 0.05) is 32.7 Å². The van der Waals surface area contributed by atoms with Gasteiger partial charge >= 0.3 is 6.09 Å². The lowest BCUT2D eigenvalue weighted by Gasteiger charge is -2.43.